The number of nitrogens with zero attached hydrogens (tertiary/aromatic N) is 2. The predicted molar refractivity (Wildman–Crippen MR) is 59.2 cm³/mol. The van der Waals surface area contributed by atoms with Crippen molar-refractivity contribution in [1.82, 2.24) is 4.98 Å². The van der Waals surface area contributed by atoms with Crippen molar-refractivity contribution in [3.05, 3.63) is 23.5 Å². The molecular weight excluding hydrogens is 248 g/mol. The van der Waals surface area contributed by atoms with E-state index in [2.05, 4.69) is 4.98 Å². The molecule has 18 heavy (non-hydrogen) atoms. The maximum Gasteiger partial charge on any atom is 0.253 e. The van der Waals surface area contributed by atoms with Gasteiger partial charge in [0.25, 0.3) is 11.9 Å². The lowest BCUT2D eigenvalue weighted by atomic mass is 9.91. The Morgan fingerprint density at radius 2 is 1.39 bits per heavy atom. The molecule has 6 heteroatoms. The molecule has 0 aromatic carbocycles. The molecular formula is C12H14F4N2. The molecule has 0 saturated carbocycles. The number of rotatable bonds is 1. The van der Waals surface area contributed by atoms with Crippen LogP contribution in [0, 0.1) is 35.4 Å². The molecule has 0 N–H and O–H groups in total. The van der Waals surface area contributed by atoms with Gasteiger partial charge < -0.3 is 4.90 Å². The van der Waals surface area contributed by atoms with E-state index < -0.39 is 29.2 Å². The summed E-state index contributed by atoms with van der Waals surface area (Å²) in [4.78, 5) is 3.91. The first-order valence-electron chi connectivity index (χ1n) is 5.85. The maximum atomic E-state index is 13.6. The Morgan fingerprint density at radius 3 is 1.83 bits per heavy atom. The van der Waals surface area contributed by atoms with E-state index in [0.29, 0.717) is 13.1 Å². The third-order valence-corrected chi connectivity index (χ3v) is 3.16. The van der Waals surface area contributed by atoms with Crippen LogP contribution in [-0.2, 0) is 0 Å². The van der Waals surface area contributed by atoms with Crippen molar-refractivity contribution in [3.8, 4) is 0 Å². The molecule has 1 fully saturated rings. The molecule has 0 radical (unpaired) electrons. The smallest absolute Gasteiger partial charge is 0.253 e. The Kier molecular flexibility index (Phi) is 3.45. The Labute approximate surface area is 103 Å². The highest BCUT2D eigenvalue weighted by Gasteiger charge is 2.30. The number of aromatic nitrogens is 1. The maximum absolute atomic E-state index is 13.6. The van der Waals surface area contributed by atoms with Gasteiger partial charge in [0, 0.05) is 13.1 Å². The molecule has 2 unspecified atom stereocenters. The average molecular weight is 262 g/mol. The van der Waals surface area contributed by atoms with Crippen molar-refractivity contribution < 1.29 is 17.6 Å². The van der Waals surface area contributed by atoms with Crippen molar-refractivity contribution in [2.75, 3.05) is 18.0 Å². The fourth-order valence-corrected chi connectivity index (χ4v) is 2.60. The topological polar surface area (TPSA) is 16.1 Å². The Bertz CT molecular complexity index is 428. The van der Waals surface area contributed by atoms with E-state index in [4.69, 9.17) is 0 Å². The third kappa shape index (κ3) is 2.28. The fourth-order valence-electron chi connectivity index (χ4n) is 2.60. The van der Waals surface area contributed by atoms with Crippen molar-refractivity contribution >= 4 is 5.69 Å². The molecule has 2 rings (SSSR count). The highest BCUT2D eigenvalue weighted by atomic mass is 19.2. The fraction of sp³-hybridized carbons (Fsp3) is 0.583. The number of hydrogen-bond donors (Lipinski definition) is 0. The average Bonchev–Trinajstić information content (AvgIpc) is 2.25. The molecule has 1 saturated heterocycles. The van der Waals surface area contributed by atoms with Crippen molar-refractivity contribution in [3.63, 3.8) is 0 Å². The second kappa shape index (κ2) is 4.74. The number of piperidine rings is 1. The zero-order valence-electron chi connectivity index (χ0n) is 10.2. The van der Waals surface area contributed by atoms with Gasteiger partial charge >= 0.3 is 0 Å². The lowest BCUT2D eigenvalue weighted by Crippen LogP contribution is -2.40. The lowest BCUT2D eigenvalue weighted by Gasteiger charge is -2.36. The summed E-state index contributed by atoms with van der Waals surface area (Å²) in [7, 11) is 0. The highest BCUT2D eigenvalue weighted by molar-refractivity contribution is 5.49. The van der Waals surface area contributed by atoms with Crippen LogP contribution in [0.5, 0.6) is 0 Å². The summed E-state index contributed by atoms with van der Waals surface area (Å²) >= 11 is 0. The number of halogens is 4. The summed E-state index contributed by atoms with van der Waals surface area (Å²) < 4.78 is 53.3. The quantitative estimate of drug-likeness (QED) is 0.571. The largest absolute Gasteiger partial charge is 0.366 e. The van der Waals surface area contributed by atoms with Gasteiger partial charge in [-0.3, -0.25) is 0 Å². The first-order chi connectivity index (χ1) is 8.40. The van der Waals surface area contributed by atoms with Crippen LogP contribution in [-0.4, -0.2) is 18.1 Å². The first-order valence-corrected chi connectivity index (χ1v) is 5.85. The van der Waals surface area contributed by atoms with E-state index in [1.807, 2.05) is 13.8 Å². The van der Waals surface area contributed by atoms with Gasteiger partial charge in [0.1, 0.15) is 5.69 Å². The Hall–Kier alpha value is -1.33. The van der Waals surface area contributed by atoms with E-state index in [1.165, 1.54) is 4.90 Å². The predicted octanol–water partition coefficient (Wildman–Crippen LogP) is 3.12. The molecule has 0 amide bonds. The van der Waals surface area contributed by atoms with Gasteiger partial charge in [0.15, 0.2) is 0 Å². The summed E-state index contributed by atoms with van der Waals surface area (Å²) in [6.45, 7) is 4.63. The van der Waals surface area contributed by atoms with Gasteiger partial charge in [-0.05, 0) is 18.3 Å². The minimum atomic E-state index is -1.60. The van der Waals surface area contributed by atoms with Crippen molar-refractivity contribution in [2.45, 2.75) is 20.3 Å². The summed E-state index contributed by atoms with van der Waals surface area (Å²) in [5.74, 6) is -5.62. The monoisotopic (exact) mass is 262 g/mol. The molecule has 1 aromatic heterocycles. The van der Waals surface area contributed by atoms with Crippen LogP contribution in [0.4, 0.5) is 23.2 Å². The molecule has 0 spiro atoms. The molecule has 1 aromatic rings. The number of hydrogen-bond acceptors (Lipinski definition) is 2. The van der Waals surface area contributed by atoms with Crippen LogP contribution in [0.25, 0.3) is 0 Å². The van der Waals surface area contributed by atoms with Crippen LogP contribution in [0.2, 0.25) is 0 Å². The van der Waals surface area contributed by atoms with Crippen molar-refractivity contribution in [1.29, 1.82) is 0 Å². The van der Waals surface area contributed by atoms with Gasteiger partial charge in [-0.2, -0.15) is 22.5 Å². The van der Waals surface area contributed by atoms with E-state index in [9.17, 15) is 17.6 Å². The number of anilines is 1. The lowest BCUT2D eigenvalue weighted by molar-refractivity contribution is 0.343. The van der Waals surface area contributed by atoms with E-state index >= 15 is 0 Å². The number of pyridine rings is 1. The summed E-state index contributed by atoms with van der Waals surface area (Å²) in [5, 5.41) is 0. The summed E-state index contributed by atoms with van der Waals surface area (Å²) in [5.41, 5.74) is -0.640. The second-order valence-corrected chi connectivity index (χ2v) is 5.02. The molecule has 2 atom stereocenters. The summed E-state index contributed by atoms with van der Waals surface area (Å²) in [6.07, 6.45) is 0.926. The normalized spacial score (nSPS) is 24.4. The molecule has 0 bridgehead atoms. The van der Waals surface area contributed by atoms with Crippen molar-refractivity contribution in [2.24, 2.45) is 11.8 Å². The Morgan fingerprint density at radius 1 is 0.944 bits per heavy atom. The molecule has 1 aliphatic rings. The molecule has 0 aliphatic carbocycles. The van der Waals surface area contributed by atoms with Crippen LogP contribution in [0.15, 0.2) is 0 Å². The van der Waals surface area contributed by atoms with Crippen LogP contribution < -0.4 is 4.90 Å². The zero-order chi connectivity index (χ0) is 13.4. The molecule has 1 aliphatic heterocycles. The minimum Gasteiger partial charge on any atom is -0.366 e. The molecule has 100 valence electrons. The molecule has 2 nitrogen and oxygen atoms in total. The van der Waals surface area contributed by atoms with Gasteiger partial charge in [-0.25, -0.2) is 0 Å². The van der Waals surface area contributed by atoms with Crippen LogP contribution >= 0.6 is 0 Å². The van der Waals surface area contributed by atoms with Gasteiger partial charge in [0.05, 0.1) is 0 Å². The van der Waals surface area contributed by atoms with Gasteiger partial charge in [-0.15, -0.1) is 0 Å². The van der Waals surface area contributed by atoms with Crippen LogP contribution in [0.1, 0.15) is 20.3 Å². The zero-order valence-corrected chi connectivity index (χ0v) is 10.2. The summed E-state index contributed by atoms with van der Waals surface area (Å²) in [6, 6.07) is 0. The van der Waals surface area contributed by atoms with Gasteiger partial charge in [0.2, 0.25) is 11.6 Å². The molecule has 2 heterocycles. The third-order valence-electron chi connectivity index (χ3n) is 3.16. The van der Waals surface area contributed by atoms with Crippen LogP contribution in [0.3, 0.4) is 0 Å². The SMILES string of the molecule is CC1CC(C)CN(c2c(F)c(F)nc(F)c2F)C1. The highest BCUT2D eigenvalue weighted by Crippen LogP contribution is 2.31. The van der Waals surface area contributed by atoms with Gasteiger partial charge in [-0.1, -0.05) is 13.8 Å². The first kappa shape index (κ1) is 13.1. The van der Waals surface area contributed by atoms with E-state index in [0.717, 1.165) is 6.42 Å². The Balaban J connectivity index is 2.44. The standard InChI is InChI=1S/C12H14F4N2/c1-6-3-7(2)5-18(4-6)10-8(13)11(15)17-12(16)9(10)14/h6-7H,3-5H2,1-2H3. The second-order valence-electron chi connectivity index (χ2n) is 5.02. The minimum absolute atomic E-state index is 0.215. The van der Waals surface area contributed by atoms with E-state index in [-0.39, 0.29) is 11.8 Å². The van der Waals surface area contributed by atoms with E-state index in [1.54, 1.807) is 0 Å².